The number of aromatic nitrogens is 4. The number of carbonyl (C=O) groups excluding carboxylic acids is 3. The highest BCUT2D eigenvalue weighted by molar-refractivity contribution is 5.96. The maximum absolute atomic E-state index is 12.6. The number of aryl methyl sites for hydroxylation is 3. The highest BCUT2D eigenvalue weighted by atomic mass is 16.5. The summed E-state index contributed by atoms with van der Waals surface area (Å²) < 4.78 is 11.4. The van der Waals surface area contributed by atoms with Gasteiger partial charge in [0.25, 0.3) is 5.91 Å². The van der Waals surface area contributed by atoms with Crippen LogP contribution in [0.1, 0.15) is 52.1 Å². The highest BCUT2D eigenvalue weighted by Crippen LogP contribution is 2.19. The molecule has 0 aliphatic carbocycles. The first-order valence-corrected chi connectivity index (χ1v) is 10.5. The molecule has 0 spiro atoms. The van der Waals surface area contributed by atoms with Crippen LogP contribution in [0.3, 0.4) is 0 Å². The molecule has 174 valence electrons. The molecule has 0 radical (unpaired) electrons. The van der Waals surface area contributed by atoms with Crippen molar-refractivity contribution in [1.82, 2.24) is 25.2 Å². The standard InChI is InChI=1S/C22H26N6O5/c1-5-8-32-22(31)17-12-18(26-28(17)4)25-19(29)6-7-23-21(30)16-10-13(2)9-15(11-16)20-24-14(3)33-27-20/h9-12H,5-8H2,1-4H3,(H,23,30)(H,25,26,29). The molecule has 2 amide bonds. The number of nitrogens with one attached hydrogen (secondary N) is 2. The minimum Gasteiger partial charge on any atom is -0.461 e. The van der Waals surface area contributed by atoms with E-state index in [2.05, 4.69) is 25.9 Å². The van der Waals surface area contributed by atoms with Crippen molar-refractivity contribution in [2.75, 3.05) is 18.5 Å². The maximum Gasteiger partial charge on any atom is 0.356 e. The van der Waals surface area contributed by atoms with E-state index in [1.807, 2.05) is 19.9 Å². The molecule has 2 heterocycles. The van der Waals surface area contributed by atoms with Crippen molar-refractivity contribution in [3.05, 3.63) is 47.0 Å². The van der Waals surface area contributed by atoms with E-state index >= 15 is 0 Å². The molecule has 0 fully saturated rings. The Morgan fingerprint density at radius 1 is 1.15 bits per heavy atom. The van der Waals surface area contributed by atoms with Crippen molar-refractivity contribution in [1.29, 1.82) is 0 Å². The molecule has 0 bridgehead atoms. The molecule has 0 atom stereocenters. The average molecular weight is 454 g/mol. The Kier molecular flexibility index (Phi) is 7.54. The molecule has 2 N–H and O–H groups in total. The van der Waals surface area contributed by atoms with Crippen molar-refractivity contribution >= 4 is 23.6 Å². The van der Waals surface area contributed by atoms with Gasteiger partial charge in [0.05, 0.1) is 6.61 Å². The van der Waals surface area contributed by atoms with Gasteiger partial charge in [-0.15, -0.1) is 0 Å². The molecule has 0 aliphatic rings. The lowest BCUT2D eigenvalue weighted by Gasteiger charge is -2.07. The van der Waals surface area contributed by atoms with E-state index in [1.165, 1.54) is 10.7 Å². The molecule has 0 unspecified atom stereocenters. The van der Waals surface area contributed by atoms with Gasteiger partial charge in [0, 0.05) is 44.1 Å². The molecule has 0 saturated carbocycles. The zero-order chi connectivity index (χ0) is 24.0. The van der Waals surface area contributed by atoms with Gasteiger partial charge < -0.3 is 19.9 Å². The minimum absolute atomic E-state index is 0.0284. The summed E-state index contributed by atoms with van der Waals surface area (Å²) >= 11 is 0. The topological polar surface area (TPSA) is 141 Å². The number of nitrogens with zero attached hydrogens (tertiary/aromatic N) is 4. The Bertz CT molecular complexity index is 1170. The van der Waals surface area contributed by atoms with Crippen LogP contribution in [0.25, 0.3) is 11.4 Å². The predicted molar refractivity (Wildman–Crippen MR) is 119 cm³/mol. The zero-order valence-corrected chi connectivity index (χ0v) is 19.0. The van der Waals surface area contributed by atoms with Crippen LogP contribution >= 0.6 is 0 Å². The van der Waals surface area contributed by atoms with Gasteiger partial charge in [-0.2, -0.15) is 10.1 Å². The highest BCUT2D eigenvalue weighted by Gasteiger charge is 2.16. The number of hydrogen-bond acceptors (Lipinski definition) is 8. The third-order valence-corrected chi connectivity index (χ3v) is 4.56. The Hall–Kier alpha value is -4.02. The van der Waals surface area contributed by atoms with Crippen LogP contribution in [-0.2, 0) is 16.6 Å². The van der Waals surface area contributed by atoms with E-state index in [9.17, 15) is 14.4 Å². The minimum atomic E-state index is -0.506. The van der Waals surface area contributed by atoms with Crippen molar-refractivity contribution in [2.24, 2.45) is 7.05 Å². The summed E-state index contributed by atoms with van der Waals surface area (Å²) in [4.78, 5) is 41.0. The largest absolute Gasteiger partial charge is 0.461 e. The smallest absolute Gasteiger partial charge is 0.356 e. The van der Waals surface area contributed by atoms with Gasteiger partial charge in [-0.1, -0.05) is 12.1 Å². The summed E-state index contributed by atoms with van der Waals surface area (Å²) in [6.07, 6.45) is 0.736. The first kappa shape index (κ1) is 23.6. The van der Waals surface area contributed by atoms with Crippen molar-refractivity contribution in [3.8, 4) is 11.4 Å². The lowest BCUT2D eigenvalue weighted by molar-refractivity contribution is -0.116. The monoisotopic (exact) mass is 454 g/mol. The average Bonchev–Trinajstić information content (AvgIpc) is 3.36. The van der Waals surface area contributed by atoms with Crippen LogP contribution in [0, 0.1) is 13.8 Å². The molecule has 1 aromatic carbocycles. The van der Waals surface area contributed by atoms with Gasteiger partial charge in [0.2, 0.25) is 17.6 Å². The number of benzene rings is 1. The molecule has 11 heteroatoms. The number of esters is 1. The summed E-state index contributed by atoms with van der Waals surface area (Å²) in [6.45, 7) is 5.87. The summed E-state index contributed by atoms with van der Waals surface area (Å²) in [5.41, 5.74) is 2.19. The number of anilines is 1. The Morgan fingerprint density at radius 2 is 1.94 bits per heavy atom. The third kappa shape index (κ3) is 6.25. The SMILES string of the molecule is CCCOC(=O)c1cc(NC(=O)CCNC(=O)c2cc(C)cc(-c3noc(C)n3)c2)nn1C. The molecular weight excluding hydrogens is 428 g/mol. The number of hydrogen-bond donors (Lipinski definition) is 2. The molecule has 0 aliphatic heterocycles. The molecule has 2 aromatic heterocycles. The van der Waals surface area contributed by atoms with Crippen LogP contribution in [0.4, 0.5) is 5.82 Å². The van der Waals surface area contributed by atoms with E-state index in [0.29, 0.717) is 35.9 Å². The van der Waals surface area contributed by atoms with E-state index < -0.39 is 5.97 Å². The van der Waals surface area contributed by atoms with Gasteiger partial charge in [-0.05, 0) is 37.1 Å². The van der Waals surface area contributed by atoms with Crippen molar-refractivity contribution in [3.63, 3.8) is 0 Å². The first-order valence-electron chi connectivity index (χ1n) is 10.5. The van der Waals surface area contributed by atoms with Gasteiger partial charge in [-0.3, -0.25) is 14.3 Å². The van der Waals surface area contributed by atoms with E-state index in [0.717, 1.165) is 5.56 Å². The lowest BCUT2D eigenvalue weighted by atomic mass is 10.1. The van der Waals surface area contributed by atoms with Gasteiger partial charge in [0.15, 0.2) is 5.82 Å². The van der Waals surface area contributed by atoms with E-state index in [-0.39, 0.29) is 36.3 Å². The van der Waals surface area contributed by atoms with Crippen molar-refractivity contribution in [2.45, 2.75) is 33.6 Å². The quantitative estimate of drug-likeness (QED) is 0.470. The van der Waals surface area contributed by atoms with Gasteiger partial charge in [-0.25, -0.2) is 4.79 Å². The summed E-state index contributed by atoms with van der Waals surface area (Å²) in [6, 6.07) is 6.70. The summed E-state index contributed by atoms with van der Waals surface area (Å²) in [5.74, 6) is -0.121. The van der Waals surface area contributed by atoms with E-state index in [1.54, 1.807) is 26.1 Å². The fourth-order valence-corrected chi connectivity index (χ4v) is 3.04. The Balaban J connectivity index is 1.53. The Labute approximate surface area is 190 Å². The third-order valence-electron chi connectivity index (χ3n) is 4.56. The number of amides is 2. The Morgan fingerprint density at radius 3 is 2.64 bits per heavy atom. The van der Waals surface area contributed by atoms with Crippen LogP contribution in [0.5, 0.6) is 0 Å². The van der Waals surface area contributed by atoms with Crippen LogP contribution in [0.15, 0.2) is 28.8 Å². The molecule has 0 saturated heterocycles. The summed E-state index contributed by atoms with van der Waals surface area (Å²) in [5, 5.41) is 13.3. The second-order valence-electron chi connectivity index (χ2n) is 7.45. The second-order valence-corrected chi connectivity index (χ2v) is 7.45. The molecule has 11 nitrogen and oxygen atoms in total. The van der Waals surface area contributed by atoms with Crippen LogP contribution in [-0.4, -0.2) is 50.9 Å². The van der Waals surface area contributed by atoms with E-state index in [4.69, 9.17) is 9.26 Å². The van der Waals surface area contributed by atoms with Gasteiger partial charge in [0.1, 0.15) is 5.69 Å². The van der Waals surface area contributed by atoms with Gasteiger partial charge >= 0.3 is 5.97 Å². The fraction of sp³-hybridized carbons (Fsp3) is 0.364. The molecule has 3 aromatic rings. The van der Waals surface area contributed by atoms with Crippen LogP contribution < -0.4 is 10.6 Å². The summed E-state index contributed by atoms with van der Waals surface area (Å²) in [7, 11) is 1.59. The molecular formula is C22H26N6O5. The number of carbonyl (C=O) groups is 3. The zero-order valence-electron chi connectivity index (χ0n) is 19.0. The predicted octanol–water partition coefficient (Wildman–Crippen LogP) is 2.41. The normalized spacial score (nSPS) is 10.7. The van der Waals surface area contributed by atoms with Crippen LogP contribution in [0.2, 0.25) is 0 Å². The molecule has 33 heavy (non-hydrogen) atoms. The fourth-order valence-electron chi connectivity index (χ4n) is 3.04. The molecule has 3 rings (SSSR count). The number of rotatable bonds is 9. The maximum atomic E-state index is 12.6. The lowest BCUT2D eigenvalue weighted by Crippen LogP contribution is -2.27. The van der Waals surface area contributed by atoms with Crippen molar-refractivity contribution < 1.29 is 23.6 Å². The second kappa shape index (κ2) is 10.5. The first-order chi connectivity index (χ1) is 15.8. The number of ether oxygens (including phenoxy) is 1.